The normalized spacial score (nSPS) is 11.2. The molecule has 0 aliphatic heterocycles. The van der Waals surface area contributed by atoms with Crippen LogP contribution in [0.5, 0.6) is 0 Å². The van der Waals surface area contributed by atoms with E-state index in [0.717, 1.165) is 28.2 Å². The van der Waals surface area contributed by atoms with Gasteiger partial charge in [0.15, 0.2) is 11.4 Å². The lowest BCUT2D eigenvalue weighted by atomic mass is 10.3. The molecule has 6 heteroatoms. The van der Waals surface area contributed by atoms with Crippen LogP contribution >= 0.6 is 0 Å². The van der Waals surface area contributed by atoms with E-state index in [1.165, 1.54) is 0 Å². The van der Waals surface area contributed by atoms with Crippen LogP contribution in [0.1, 0.15) is 17.0 Å². The third kappa shape index (κ3) is 1.71. The van der Waals surface area contributed by atoms with Crippen molar-refractivity contribution in [2.75, 3.05) is 5.73 Å². The molecule has 0 amide bonds. The van der Waals surface area contributed by atoms with Gasteiger partial charge < -0.3 is 10.3 Å². The minimum atomic E-state index is 0.428. The zero-order valence-corrected chi connectivity index (χ0v) is 10.2. The van der Waals surface area contributed by atoms with E-state index in [4.69, 9.17) is 10.3 Å². The largest absolute Gasteiger partial charge is 0.369 e. The molecule has 3 heterocycles. The molecule has 0 fully saturated rings. The summed E-state index contributed by atoms with van der Waals surface area (Å²) >= 11 is 0. The maximum atomic E-state index is 5.91. The number of anilines is 1. The standard InChI is InChI=1S/C12H13N5O/c1-7-3-10-11(14-5-7)17(12(13)15-10)6-9-4-8(2)16-18-9/h3-5H,6H2,1-2H3,(H2,13,15). The molecule has 0 atom stereocenters. The lowest BCUT2D eigenvalue weighted by Gasteiger charge is -2.02. The van der Waals surface area contributed by atoms with Crippen molar-refractivity contribution in [3.8, 4) is 0 Å². The molecule has 92 valence electrons. The number of nitrogen functional groups attached to an aromatic ring is 1. The Labute approximate surface area is 103 Å². The van der Waals surface area contributed by atoms with Gasteiger partial charge in [-0.15, -0.1) is 0 Å². The number of aromatic nitrogens is 4. The van der Waals surface area contributed by atoms with Crippen LogP contribution in [0.25, 0.3) is 11.2 Å². The highest BCUT2D eigenvalue weighted by Crippen LogP contribution is 2.18. The van der Waals surface area contributed by atoms with E-state index in [1.807, 2.05) is 30.5 Å². The first kappa shape index (κ1) is 10.8. The molecule has 0 aliphatic carbocycles. The van der Waals surface area contributed by atoms with Gasteiger partial charge in [0.2, 0.25) is 5.95 Å². The Morgan fingerprint density at radius 3 is 2.89 bits per heavy atom. The third-order valence-corrected chi connectivity index (χ3v) is 2.74. The van der Waals surface area contributed by atoms with Gasteiger partial charge in [0.1, 0.15) is 5.52 Å². The second-order valence-electron chi connectivity index (χ2n) is 4.35. The summed E-state index contributed by atoms with van der Waals surface area (Å²) in [5, 5.41) is 3.85. The van der Waals surface area contributed by atoms with Gasteiger partial charge in [0.25, 0.3) is 0 Å². The molecule has 2 N–H and O–H groups in total. The zero-order chi connectivity index (χ0) is 12.7. The average molecular weight is 243 g/mol. The summed E-state index contributed by atoms with van der Waals surface area (Å²) in [6.45, 7) is 4.34. The van der Waals surface area contributed by atoms with Crippen LogP contribution in [-0.4, -0.2) is 19.7 Å². The Bertz CT molecular complexity index is 712. The molecule has 0 bridgehead atoms. The van der Waals surface area contributed by atoms with Crippen molar-refractivity contribution in [1.82, 2.24) is 19.7 Å². The van der Waals surface area contributed by atoms with Gasteiger partial charge in [-0.05, 0) is 25.5 Å². The Hall–Kier alpha value is -2.37. The fourth-order valence-corrected chi connectivity index (χ4v) is 1.93. The van der Waals surface area contributed by atoms with Crippen molar-refractivity contribution in [3.63, 3.8) is 0 Å². The van der Waals surface area contributed by atoms with E-state index >= 15 is 0 Å². The van der Waals surface area contributed by atoms with Gasteiger partial charge in [-0.25, -0.2) is 9.97 Å². The van der Waals surface area contributed by atoms with Crippen molar-refractivity contribution in [3.05, 3.63) is 35.3 Å². The number of fused-ring (bicyclic) bond motifs is 1. The number of aryl methyl sites for hydroxylation is 2. The molecule has 0 saturated carbocycles. The SMILES string of the molecule is Cc1cnc2c(c1)nc(N)n2Cc1cc(C)no1. The number of rotatable bonds is 2. The summed E-state index contributed by atoms with van der Waals surface area (Å²) in [5.74, 6) is 1.16. The molecule has 0 saturated heterocycles. The van der Waals surface area contributed by atoms with Crippen molar-refractivity contribution in [1.29, 1.82) is 0 Å². The third-order valence-electron chi connectivity index (χ3n) is 2.74. The van der Waals surface area contributed by atoms with Crippen LogP contribution in [-0.2, 0) is 6.54 Å². The predicted molar refractivity (Wildman–Crippen MR) is 67.0 cm³/mol. The van der Waals surface area contributed by atoms with Gasteiger partial charge in [-0.2, -0.15) is 0 Å². The van der Waals surface area contributed by atoms with E-state index in [0.29, 0.717) is 12.5 Å². The molecular formula is C12H13N5O. The minimum absolute atomic E-state index is 0.428. The van der Waals surface area contributed by atoms with E-state index in [2.05, 4.69) is 15.1 Å². The molecule has 0 aliphatic rings. The highest BCUT2D eigenvalue weighted by atomic mass is 16.5. The summed E-state index contributed by atoms with van der Waals surface area (Å²) < 4.78 is 7.00. The Balaban J connectivity index is 2.08. The van der Waals surface area contributed by atoms with Gasteiger partial charge in [0.05, 0.1) is 12.2 Å². The maximum Gasteiger partial charge on any atom is 0.202 e. The lowest BCUT2D eigenvalue weighted by Crippen LogP contribution is -2.04. The van der Waals surface area contributed by atoms with Crippen LogP contribution in [0.2, 0.25) is 0 Å². The number of imidazole rings is 1. The van der Waals surface area contributed by atoms with Crippen molar-refractivity contribution in [2.24, 2.45) is 0 Å². The van der Waals surface area contributed by atoms with Gasteiger partial charge in [0, 0.05) is 12.3 Å². The summed E-state index contributed by atoms with van der Waals surface area (Å²) in [7, 11) is 0. The molecule has 0 spiro atoms. The first-order chi connectivity index (χ1) is 8.63. The molecule has 0 aromatic carbocycles. The minimum Gasteiger partial charge on any atom is -0.369 e. The molecule has 0 radical (unpaired) electrons. The van der Waals surface area contributed by atoms with Crippen molar-refractivity contribution in [2.45, 2.75) is 20.4 Å². The van der Waals surface area contributed by atoms with Crippen molar-refractivity contribution >= 4 is 17.1 Å². The molecule has 3 aromatic rings. The molecular weight excluding hydrogens is 230 g/mol. The number of hydrogen-bond donors (Lipinski definition) is 1. The van der Waals surface area contributed by atoms with Crippen LogP contribution in [0.15, 0.2) is 22.9 Å². The second kappa shape index (κ2) is 3.83. The van der Waals surface area contributed by atoms with Crippen LogP contribution < -0.4 is 5.73 Å². The van der Waals surface area contributed by atoms with E-state index in [1.54, 1.807) is 6.20 Å². The fourth-order valence-electron chi connectivity index (χ4n) is 1.93. The number of pyridine rings is 1. The summed E-state index contributed by atoms with van der Waals surface area (Å²) in [6, 6.07) is 3.83. The fraction of sp³-hybridized carbons (Fsp3) is 0.250. The van der Waals surface area contributed by atoms with Crippen LogP contribution in [0, 0.1) is 13.8 Å². The summed E-state index contributed by atoms with van der Waals surface area (Å²) in [6.07, 6.45) is 1.80. The maximum absolute atomic E-state index is 5.91. The Morgan fingerprint density at radius 2 is 2.17 bits per heavy atom. The van der Waals surface area contributed by atoms with Crippen LogP contribution in [0.4, 0.5) is 5.95 Å². The molecule has 0 unspecified atom stereocenters. The monoisotopic (exact) mass is 243 g/mol. The smallest absolute Gasteiger partial charge is 0.202 e. The van der Waals surface area contributed by atoms with Gasteiger partial charge in [-0.3, -0.25) is 4.57 Å². The summed E-state index contributed by atoms with van der Waals surface area (Å²) in [4.78, 5) is 8.66. The predicted octanol–water partition coefficient (Wildman–Crippen LogP) is 1.67. The molecule has 6 nitrogen and oxygen atoms in total. The Kier molecular flexibility index (Phi) is 2.29. The van der Waals surface area contributed by atoms with E-state index < -0.39 is 0 Å². The average Bonchev–Trinajstić information content (AvgIpc) is 2.84. The highest BCUT2D eigenvalue weighted by molar-refractivity contribution is 5.74. The van der Waals surface area contributed by atoms with E-state index in [-0.39, 0.29) is 0 Å². The zero-order valence-electron chi connectivity index (χ0n) is 10.2. The molecule has 3 aromatic heterocycles. The first-order valence-electron chi connectivity index (χ1n) is 5.64. The number of hydrogen-bond acceptors (Lipinski definition) is 5. The number of nitrogens with two attached hydrogens (primary N) is 1. The quantitative estimate of drug-likeness (QED) is 0.740. The first-order valence-corrected chi connectivity index (χ1v) is 5.64. The molecule has 3 rings (SSSR count). The lowest BCUT2D eigenvalue weighted by molar-refractivity contribution is 0.374. The topological polar surface area (TPSA) is 82.8 Å². The molecule has 18 heavy (non-hydrogen) atoms. The summed E-state index contributed by atoms with van der Waals surface area (Å²) in [5.41, 5.74) is 9.36. The van der Waals surface area contributed by atoms with E-state index in [9.17, 15) is 0 Å². The van der Waals surface area contributed by atoms with Crippen molar-refractivity contribution < 1.29 is 4.52 Å². The highest BCUT2D eigenvalue weighted by Gasteiger charge is 2.12. The van der Waals surface area contributed by atoms with Crippen LogP contribution in [0.3, 0.4) is 0 Å². The Morgan fingerprint density at radius 1 is 1.33 bits per heavy atom. The van der Waals surface area contributed by atoms with Gasteiger partial charge in [-0.1, -0.05) is 5.16 Å². The number of nitrogens with zero attached hydrogens (tertiary/aromatic N) is 4. The van der Waals surface area contributed by atoms with Gasteiger partial charge >= 0.3 is 0 Å². The second-order valence-corrected chi connectivity index (χ2v) is 4.35.